The number of morpholine rings is 1. The predicted molar refractivity (Wildman–Crippen MR) is 95.8 cm³/mol. The summed E-state index contributed by atoms with van der Waals surface area (Å²) in [6.45, 7) is 7.73. The van der Waals surface area contributed by atoms with Gasteiger partial charge in [-0.05, 0) is 43.7 Å². The third kappa shape index (κ3) is 3.57. The quantitative estimate of drug-likeness (QED) is 0.867. The Morgan fingerprint density at radius 3 is 2.75 bits per heavy atom. The number of carbonyl (C=O) groups is 1. The van der Waals surface area contributed by atoms with Crippen LogP contribution in [0.1, 0.15) is 23.0 Å². The van der Waals surface area contributed by atoms with Gasteiger partial charge in [-0.1, -0.05) is 12.1 Å². The standard InChI is InChI=1S/C19H23N3O2/c1-3-22(17-6-4-5-15(2)13-17)19(23)18-14-16(7-8-20-18)21-9-11-24-12-10-21/h4-8,13-14H,3,9-12H2,1-2H3. The fourth-order valence-electron chi connectivity index (χ4n) is 2.93. The first-order chi connectivity index (χ1) is 11.7. The van der Waals surface area contributed by atoms with Crippen LogP contribution in [0.15, 0.2) is 42.6 Å². The van der Waals surface area contributed by atoms with Crippen molar-refractivity contribution in [3.05, 3.63) is 53.9 Å². The third-order valence-corrected chi connectivity index (χ3v) is 4.21. The second-order valence-corrected chi connectivity index (χ2v) is 5.89. The number of hydrogen-bond donors (Lipinski definition) is 0. The number of carbonyl (C=O) groups excluding carboxylic acids is 1. The highest BCUT2D eigenvalue weighted by Crippen LogP contribution is 2.21. The summed E-state index contributed by atoms with van der Waals surface area (Å²) in [5.41, 5.74) is 3.54. The molecule has 1 aliphatic heterocycles. The molecule has 1 aliphatic rings. The largest absolute Gasteiger partial charge is 0.378 e. The van der Waals surface area contributed by atoms with Crippen LogP contribution in [0.25, 0.3) is 0 Å². The normalized spacial score (nSPS) is 14.5. The average molecular weight is 325 g/mol. The van der Waals surface area contributed by atoms with E-state index in [1.165, 1.54) is 0 Å². The molecule has 3 rings (SSSR count). The second kappa shape index (κ2) is 7.45. The van der Waals surface area contributed by atoms with E-state index in [2.05, 4.69) is 9.88 Å². The number of benzene rings is 1. The van der Waals surface area contributed by atoms with Crippen LogP contribution in [0, 0.1) is 6.92 Å². The summed E-state index contributed by atoms with van der Waals surface area (Å²) in [4.78, 5) is 21.2. The fourth-order valence-corrected chi connectivity index (χ4v) is 2.93. The van der Waals surface area contributed by atoms with Gasteiger partial charge in [-0.25, -0.2) is 0 Å². The van der Waals surface area contributed by atoms with E-state index in [9.17, 15) is 4.79 Å². The summed E-state index contributed by atoms with van der Waals surface area (Å²) in [5, 5.41) is 0. The third-order valence-electron chi connectivity index (χ3n) is 4.21. The maximum atomic E-state index is 12.9. The summed E-state index contributed by atoms with van der Waals surface area (Å²) in [5.74, 6) is -0.0711. The molecule has 2 aromatic rings. The van der Waals surface area contributed by atoms with Gasteiger partial charge >= 0.3 is 0 Å². The molecule has 0 radical (unpaired) electrons. The molecule has 126 valence electrons. The van der Waals surface area contributed by atoms with Gasteiger partial charge in [0.25, 0.3) is 5.91 Å². The molecule has 0 spiro atoms. The molecular weight excluding hydrogens is 302 g/mol. The monoisotopic (exact) mass is 325 g/mol. The van der Waals surface area contributed by atoms with Gasteiger partial charge in [0.2, 0.25) is 0 Å². The van der Waals surface area contributed by atoms with Gasteiger partial charge in [0.1, 0.15) is 5.69 Å². The molecule has 1 fully saturated rings. The van der Waals surface area contributed by atoms with E-state index in [0.29, 0.717) is 12.2 Å². The Kier molecular flexibility index (Phi) is 5.11. The number of nitrogens with zero attached hydrogens (tertiary/aromatic N) is 3. The topological polar surface area (TPSA) is 45.7 Å². The van der Waals surface area contributed by atoms with Crippen molar-refractivity contribution < 1.29 is 9.53 Å². The Bertz CT molecular complexity index is 711. The van der Waals surface area contributed by atoms with E-state index in [1.807, 2.05) is 50.2 Å². The summed E-state index contributed by atoms with van der Waals surface area (Å²) < 4.78 is 5.39. The molecule has 5 heteroatoms. The van der Waals surface area contributed by atoms with Crippen molar-refractivity contribution in [1.29, 1.82) is 0 Å². The van der Waals surface area contributed by atoms with E-state index in [0.717, 1.165) is 43.2 Å². The lowest BCUT2D eigenvalue weighted by Crippen LogP contribution is -2.36. The Morgan fingerprint density at radius 1 is 1.25 bits per heavy atom. The Hall–Kier alpha value is -2.40. The van der Waals surface area contributed by atoms with Gasteiger partial charge in [-0.3, -0.25) is 9.78 Å². The van der Waals surface area contributed by atoms with Crippen molar-refractivity contribution >= 4 is 17.3 Å². The zero-order valence-electron chi connectivity index (χ0n) is 14.2. The van der Waals surface area contributed by atoms with Gasteiger partial charge < -0.3 is 14.5 Å². The highest BCUT2D eigenvalue weighted by Gasteiger charge is 2.19. The lowest BCUT2D eigenvalue weighted by atomic mass is 10.2. The van der Waals surface area contributed by atoms with Crippen molar-refractivity contribution in [3.8, 4) is 0 Å². The van der Waals surface area contributed by atoms with Crippen molar-refractivity contribution in [2.75, 3.05) is 42.6 Å². The fraction of sp³-hybridized carbons (Fsp3) is 0.368. The van der Waals surface area contributed by atoms with E-state index in [1.54, 1.807) is 11.1 Å². The summed E-state index contributed by atoms with van der Waals surface area (Å²) in [7, 11) is 0. The minimum Gasteiger partial charge on any atom is -0.378 e. The number of ether oxygens (including phenoxy) is 1. The second-order valence-electron chi connectivity index (χ2n) is 5.89. The van der Waals surface area contributed by atoms with Gasteiger partial charge in [0.05, 0.1) is 13.2 Å². The van der Waals surface area contributed by atoms with Crippen LogP contribution in [0.3, 0.4) is 0 Å². The maximum Gasteiger partial charge on any atom is 0.276 e. The molecule has 2 heterocycles. The molecule has 1 aromatic carbocycles. The van der Waals surface area contributed by atoms with Crippen LogP contribution >= 0.6 is 0 Å². The first kappa shape index (κ1) is 16.5. The Balaban J connectivity index is 1.85. The molecular formula is C19H23N3O2. The predicted octanol–water partition coefficient (Wildman–Crippen LogP) is 2.89. The lowest BCUT2D eigenvalue weighted by molar-refractivity contribution is 0.0983. The van der Waals surface area contributed by atoms with E-state index in [4.69, 9.17) is 4.74 Å². The minimum absolute atomic E-state index is 0.0711. The van der Waals surface area contributed by atoms with E-state index in [-0.39, 0.29) is 5.91 Å². The molecule has 24 heavy (non-hydrogen) atoms. The molecule has 1 aromatic heterocycles. The molecule has 0 aliphatic carbocycles. The molecule has 1 saturated heterocycles. The zero-order chi connectivity index (χ0) is 16.9. The van der Waals surface area contributed by atoms with Gasteiger partial charge in [-0.15, -0.1) is 0 Å². The van der Waals surface area contributed by atoms with Gasteiger partial charge in [0, 0.05) is 37.2 Å². The van der Waals surface area contributed by atoms with Crippen molar-refractivity contribution in [3.63, 3.8) is 0 Å². The minimum atomic E-state index is -0.0711. The molecule has 5 nitrogen and oxygen atoms in total. The van der Waals surface area contributed by atoms with Crippen molar-refractivity contribution in [2.24, 2.45) is 0 Å². The highest BCUT2D eigenvalue weighted by atomic mass is 16.5. The first-order valence-corrected chi connectivity index (χ1v) is 8.36. The van der Waals surface area contributed by atoms with Crippen molar-refractivity contribution in [2.45, 2.75) is 13.8 Å². The molecule has 0 atom stereocenters. The van der Waals surface area contributed by atoms with Crippen LogP contribution < -0.4 is 9.80 Å². The Morgan fingerprint density at radius 2 is 2.04 bits per heavy atom. The maximum absolute atomic E-state index is 12.9. The average Bonchev–Trinajstić information content (AvgIpc) is 2.63. The summed E-state index contributed by atoms with van der Waals surface area (Å²) >= 11 is 0. The number of anilines is 2. The number of amides is 1. The van der Waals surface area contributed by atoms with Crippen LogP contribution in [0.5, 0.6) is 0 Å². The smallest absolute Gasteiger partial charge is 0.276 e. The summed E-state index contributed by atoms with van der Waals surface area (Å²) in [6.07, 6.45) is 1.71. The molecule has 0 bridgehead atoms. The van der Waals surface area contributed by atoms with Gasteiger partial charge in [0.15, 0.2) is 0 Å². The van der Waals surface area contributed by atoms with Crippen LogP contribution in [-0.2, 0) is 4.74 Å². The SMILES string of the molecule is CCN(C(=O)c1cc(N2CCOCC2)ccn1)c1cccc(C)c1. The molecule has 0 saturated carbocycles. The van der Waals surface area contributed by atoms with Crippen molar-refractivity contribution in [1.82, 2.24) is 4.98 Å². The number of pyridine rings is 1. The molecule has 1 amide bonds. The number of rotatable bonds is 4. The number of hydrogen-bond acceptors (Lipinski definition) is 4. The van der Waals surface area contributed by atoms with Crippen LogP contribution in [0.2, 0.25) is 0 Å². The van der Waals surface area contributed by atoms with E-state index >= 15 is 0 Å². The first-order valence-electron chi connectivity index (χ1n) is 8.36. The highest BCUT2D eigenvalue weighted by molar-refractivity contribution is 6.05. The lowest BCUT2D eigenvalue weighted by Gasteiger charge is -2.29. The van der Waals surface area contributed by atoms with E-state index < -0.39 is 0 Å². The molecule has 0 N–H and O–H groups in total. The zero-order valence-corrected chi connectivity index (χ0v) is 14.2. The Labute approximate surface area is 142 Å². The number of aromatic nitrogens is 1. The van der Waals surface area contributed by atoms with Crippen LogP contribution in [-0.4, -0.2) is 43.7 Å². The number of aryl methyl sites for hydroxylation is 1. The molecule has 0 unspecified atom stereocenters. The summed E-state index contributed by atoms with van der Waals surface area (Å²) in [6, 6.07) is 11.8. The van der Waals surface area contributed by atoms with Gasteiger partial charge in [-0.2, -0.15) is 0 Å². The van der Waals surface area contributed by atoms with Crippen LogP contribution in [0.4, 0.5) is 11.4 Å².